The first-order valence-corrected chi connectivity index (χ1v) is 7.80. The summed E-state index contributed by atoms with van der Waals surface area (Å²) in [6.45, 7) is 12.8. The number of rotatable bonds is 6. The van der Waals surface area contributed by atoms with Crippen LogP contribution in [0.15, 0.2) is 30.3 Å². The lowest BCUT2D eigenvalue weighted by molar-refractivity contribution is 0.545. The van der Waals surface area contributed by atoms with Crippen molar-refractivity contribution in [3.05, 3.63) is 52.8 Å². The molecule has 0 bridgehead atoms. The molecule has 0 aliphatic carbocycles. The molecule has 1 aromatic heterocycles. The van der Waals surface area contributed by atoms with E-state index in [1.165, 1.54) is 16.8 Å². The summed E-state index contributed by atoms with van der Waals surface area (Å²) in [5, 5.41) is 8.26. The molecule has 0 aliphatic heterocycles. The third kappa shape index (κ3) is 3.94. The third-order valence-corrected chi connectivity index (χ3v) is 3.94. The molecule has 0 fully saturated rings. The van der Waals surface area contributed by atoms with E-state index in [9.17, 15) is 0 Å². The van der Waals surface area contributed by atoms with Crippen molar-refractivity contribution in [2.75, 3.05) is 6.54 Å². The van der Waals surface area contributed by atoms with E-state index in [1.807, 2.05) is 0 Å². The predicted molar refractivity (Wildman–Crippen MR) is 88.8 cm³/mol. The van der Waals surface area contributed by atoms with Crippen molar-refractivity contribution < 1.29 is 0 Å². The molecule has 0 aliphatic rings. The van der Waals surface area contributed by atoms with Crippen LogP contribution in [0.2, 0.25) is 0 Å². The van der Waals surface area contributed by atoms with Crippen molar-refractivity contribution in [1.29, 1.82) is 0 Å². The first-order chi connectivity index (χ1) is 9.99. The van der Waals surface area contributed by atoms with Gasteiger partial charge in [-0.3, -0.25) is 4.68 Å². The maximum atomic E-state index is 4.74. The third-order valence-electron chi connectivity index (χ3n) is 3.94. The molecule has 3 heteroatoms. The van der Waals surface area contributed by atoms with Crippen LogP contribution in [0, 0.1) is 13.8 Å². The van der Waals surface area contributed by atoms with Gasteiger partial charge in [0.1, 0.15) is 0 Å². The van der Waals surface area contributed by atoms with Crippen molar-refractivity contribution >= 4 is 0 Å². The van der Waals surface area contributed by atoms with Gasteiger partial charge in [0.25, 0.3) is 0 Å². The zero-order valence-corrected chi connectivity index (χ0v) is 13.9. The van der Waals surface area contributed by atoms with Crippen LogP contribution in [0.3, 0.4) is 0 Å². The molecule has 2 aromatic rings. The second-order valence-corrected chi connectivity index (χ2v) is 6.19. The fourth-order valence-electron chi connectivity index (χ4n) is 2.85. The zero-order chi connectivity index (χ0) is 15.4. The van der Waals surface area contributed by atoms with Crippen molar-refractivity contribution in [2.24, 2.45) is 0 Å². The Labute approximate surface area is 128 Å². The molecule has 0 spiro atoms. The predicted octanol–water partition coefficient (Wildman–Crippen LogP) is 3.65. The summed E-state index contributed by atoms with van der Waals surface area (Å²) in [5.41, 5.74) is 5.12. The smallest absolute Gasteiger partial charge is 0.0662 e. The van der Waals surface area contributed by atoms with Crippen LogP contribution in [-0.4, -0.2) is 22.4 Å². The molecule has 0 saturated heterocycles. The first kappa shape index (κ1) is 15.8. The standard InChI is InChI=1S/C18H27N3/c1-13(2)19-11-14(3)18-15(4)20-21(16(18)5)12-17-9-7-6-8-10-17/h6-10,13-14,19H,11-12H2,1-5H3. The summed E-state index contributed by atoms with van der Waals surface area (Å²) < 4.78 is 2.13. The highest BCUT2D eigenvalue weighted by atomic mass is 15.3. The molecule has 0 radical (unpaired) electrons. The minimum absolute atomic E-state index is 0.483. The van der Waals surface area contributed by atoms with Gasteiger partial charge < -0.3 is 5.32 Å². The van der Waals surface area contributed by atoms with Crippen LogP contribution in [0.25, 0.3) is 0 Å². The lowest BCUT2D eigenvalue weighted by Gasteiger charge is -2.16. The number of aryl methyl sites for hydroxylation is 1. The van der Waals surface area contributed by atoms with Gasteiger partial charge >= 0.3 is 0 Å². The molecule has 0 saturated carbocycles. The van der Waals surface area contributed by atoms with Gasteiger partial charge in [-0.2, -0.15) is 5.10 Å². The monoisotopic (exact) mass is 285 g/mol. The van der Waals surface area contributed by atoms with Gasteiger partial charge in [0.2, 0.25) is 0 Å². The lowest BCUT2D eigenvalue weighted by Crippen LogP contribution is -2.27. The zero-order valence-electron chi connectivity index (χ0n) is 13.9. The topological polar surface area (TPSA) is 29.9 Å². The Morgan fingerprint density at radius 2 is 1.76 bits per heavy atom. The van der Waals surface area contributed by atoms with Crippen molar-refractivity contribution in [1.82, 2.24) is 15.1 Å². The summed E-state index contributed by atoms with van der Waals surface area (Å²) in [6, 6.07) is 11.0. The normalized spacial score (nSPS) is 12.9. The Morgan fingerprint density at radius 1 is 1.10 bits per heavy atom. The van der Waals surface area contributed by atoms with Crippen LogP contribution < -0.4 is 5.32 Å². The van der Waals surface area contributed by atoms with Gasteiger partial charge in [0, 0.05) is 23.8 Å². The van der Waals surface area contributed by atoms with Gasteiger partial charge in [-0.15, -0.1) is 0 Å². The molecule has 1 aromatic carbocycles. The molecule has 1 unspecified atom stereocenters. The molecular weight excluding hydrogens is 258 g/mol. The van der Waals surface area contributed by atoms with E-state index in [0.717, 1.165) is 18.8 Å². The molecule has 0 amide bonds. The van der Waals surface area contributed by atoms with Gasteiger partial charge in [0.05, 0.1) is 12.2 Å². The number of benzene rings is 1. The summed E-state index contributed by atoms with van der Waals surface area (Å²) in [4.78, 5) is 0. The van der Waals surface area contributed by atoms with E-state index in [4.69, 9.17) is 5.10 Å². The van der Waals surface area contributed by atoms with E-state index < -0.39 is 0 Å². The van der Waals surface area contributed by atoms with Gasteiger partial charge in [-0.1, -0.05) is 51.1 Å². The van der Waals surface area contributed by atoms with E-state index in [0.29, 0.717) is 12.0 Å². The maximum absolute atomic E-state index is 4.74. The Bertz CT molecular complexity index is 570. The number of hydrogen-bond donors (Lipinski definition) is 1. The lowest BCUT2D eigenvalue weighted by atomic mass is 9.99. The SMILES string of the molecule is Cc1nn(Cc2ccccc2)c(C)c1C(C)CNC(C)C. The quantitative estimate of drug-likeness (QED) is 0.878. The fraction of sp³-hybridized carbons (Fsp3) is 0.500. The summed E-state index contributed by atoms with van der Waals surface area (Å²) >= 11 is 0. The Kier molecular flexibility index (Phi) is 5.18. The molecule has 3 nitrogen and oxygen atoms in total. The van der Waals surface area contributed by atoms with Gasteiger partial charge in [0.15, 0.2) is 0 Å². The number of nitrogens with zero attached hydrogens (tertiary/aromatic N) is 2. The van der Waals surface area contributed by atoms with Crippen molar-refractivity contribution in [3.63, 3.8) is 0 Å². The van der Waals surface area contributed by atoms with E-state index >= 15 is 0 Å². The molecule has 1 N–H and O–H groups in total. The minimum atomic E-state index is 0.483. The van der Waals surface area contributed by atoms with E-state index in [-0.39, 0.29) is 0 Å². The Hall–Kier alpha value is -1.61. The van der Waals surface area contributed by atoms with Crippen LogP contribution >= 0.6 is 0 Å². The molecular formula is C18H27N3. The minimum Gasteiger partial charge on any atom is -0.314 e. The highest BCUT2D eigenvalue weighted by molar-refractivity contribution is 5.29. The fourth-order valence-corrected chi connectivity index (χ4v) is 2.85. The molecule has 1 heterocycles. The number of nitrogens with one attached hydrogen (secondary N) is 1. The highest BCUT2D eigenvalue weighted by Crippen LogP contribution is 2.23. The summed E-state index contributed by atoms with van der Waals surface area (Å²) in [6.07, 6.45) is 0. The second kappa shape index (κ2) is 6.90. The molecule has 21 heavy (non-hydrogen) atoms. The Balaban J connectivity index is 2.17. The largest absolute Gasteiger partial charge is 0.314 e. The van der Waals surface area contributed by atoms with Crippen LogP contribution in [0.1, 0.15) is 49.2 Å². The van der Waals surface area contributed by atoms with Gasteiger partial charge in [-0.05, 0) is 25.3 Å². The average molecular weight is 285 g/mol. The first-order valence-electron chi connectivity index (χ1n) is 7.80. The van der Waals surface area contributed by atoms with Crippen molar-refractivity contribution in [3.8, 4) is 0 Å². The Morgan fingerprint density at radius 3 is 2.38 bits per heavy atom. The van der Waals surface area contributed by atoms with E-state index in [2.05, 4.69) is 74.9 Å². The van der Waals surface area contributed by atoms with Crippen LogP contribution in [-0.2, 0) is 6.54 Å². The van der Waals surface area contributed by atoms with Crippen LogP contribution in [0.4, 0.5) is 0 Å². The number of hydrogen-bond acceptors (Lipinski definition) is 2. The number of aromatic nitrogens is 2. The molecule has 2 rings (SSSR count). The molecule has 114 valence electrons. The average Bonchev–Trinajstić information content (AvgIpc) is 2.72. The van der Waals surface area contributed by atoms with E-state index in [1.54, 1.807) is 0 Å². The summed E-state index contributed by atoms with van der Waals surface area (Å²) in [5.74, 6) is 0.483. The summed E-state index contributed by atoms with van der Waals surface area (Å²) in [7, 11) is 0. The van der Waals surface area contributed by atoms with Crippen LogP contribution in [0.5, 0.6) is 0 Å². The molecule has 1 atom stereocenters. The second-order valence-electron chi connectivity index (χ2n) is 6.19. The van der Waals surface area contributed by atoms with Crippen molar-refractivity contribution in [2.45, 2.75) is 53.1 Å². The maximum Gasteiger partial charge on any atom is 0.0662 e. The highest BCUT2D eigenvalue weighted by Gasteiger charge is 2.17. The van der Waals surface area contributed by atoms with Gasteiger partial charge in [-0.25, -0.2) is 0 Å².